The molecule has 0 aliphatic carbocycles. The van der Waals surface area contributed by atoms with Crippen LogP contribution in [0, 0.1) is 11.3 Å². The van der Waals surface area contributed by atoms with Gasteiger partial charge >= 0.3 is 0 Å². The van der Waals surface area contributed by atoms with Gasteiger partial charge in [-0.3, -0.25) is 4.79 Å². The van der Waals surface area contributed by atoms with Crippen LogP contribution in [0.1, 0.15) is 38.2 Å². The zero-order valence-electron chi connectivity index (χ0n) is 14.0. The molecular formula is C17H24N4O2. The molecule has 2 aromatic heterocycles. The van der Waals surface area contributed by atoms with Crippen molar-refractivity contribution in [3.8, 4) is 5.82 Å². The predicted molar refractivity (Wildman–Crippen MR) is 88.3 cm³/mol. The van der Waals surface area contributed by atoms with Crippen molar-refractivity contribution >= 4 is 5.91 Å². The second kappa shape index (κ2) is 6.91. The minimum absolute atomic E-state index is 0.128. The summed E-state index contributed by atoms with van der Waals surface area (Å²) in [6.07, 6.45) is 2.93. The number of aliphatic hydroxyl groups excluding tert-OH is 1. The lowest BCUT2D eigenvalue weighted by Crippen LogP contribution is -2.43. The van der Waals surface area contributed by atoms with E-state index in [0.717, 1.165) is 0 Å². The van der Waals surface area contributed by atoms with E-state index in [1.54, 1.807) is 41.3 Å². The molecule has 23 heavy (non-hydrogen) atoms. The standard InChI is InChI=1S/C17H24N4O2/c1-12(2)15(22)17(3,4)11-18-16(23)13-7-5-8-14(20-13)21-10-6-9-19-21/h5-10,12,15,22H,11H2,1-4H3,(H,18,23). The molecule has 2 rings (SSSR count). The maximum Gasteiger partial charge on any atom is 0.269 e. The number of carbonyl (C=O) groups excluding carboxylic acids is 1. The number of hydrogen-bond donors (Lipinski definition) is 2. The van der Waals surface area contributed by atoms with Gasteiger partial charge in [-0.05, 0) is 24.1 Å². The summed E-state index contributed by atoms with van der Waals surface area (Å²) in [5.41, 5.74) is -0.0866. The van der Waals surface area contributed by atoms with Crippen molar-refractivity contribution in [3.05, 3.63) is 42.4 Å². The molecule has 0 aromatic carbocycles. The molecule has 0 fully saturated rings. The van der Waals surface area contributed by atoms with E-state index < -0.39 is 11.5 Å². The smallest absolute Gasteiger partial charge is 0.269 e. The van der Waals surface area contributed by atoms with E-state index in [2.05, 4.69) is 15.4 Å². The summed E-state index contributed by atoms with van der Waals surface area (Å²) < 4.78 is 1.60. The summed E-state index contributed by atoms with van der Waals surface area (Å²) in [6, 6.07) is 7.02. The van der Waals surface area contributed by atoms with E-state index in [-0.39, 0.29) is 11.8 Å². The Labute approximate surface area is 136 Å². The molecule has 124 valence electrons. The Bertz CT molecular complexity index is 650. The fourth-order valence-corrected chi connectivity index (χ4v) is 2.49. The Morgan fingerprint density at radius 3 is 2.70 bits per heavy atom. The van der Waals surface area contributed by atoms with E-state index in [9.17, 15) is 9.90 Å². The Hall–Kier alpha value is -2.21. The van der Waals surface area contributed by atoms with Crippen LogP contribution in [-0.4, -0.2) is 38.4 Å². The summed E-state index contributed by atoms with van der Waals surface area (Å²) in [6.45, 7) is 8.17. The number of amides is 1. The molecule has 0 spiro atoms. The maximum absolute atomic E-state index is 12.3. The molecule has 0 saturated carbocycles. The molecule has 1 atom stereocenters. The van der Waals surface area contributed by atoms with Crippen molar-refractivity contribution in [2.24, 2.45) is 11.3 Å². The van der Waals surface area contributed by atoms with Crippen molar-refractivity contribution < 1.29 is 9.90 Å². The first-order valence-electron chi connectivity index (χ1n) is 7.74. The summed E-state index contributed by atoms with van der Waals surface area (Å²) in [5, 5.41) is 17.2. The van der Waals surface area contributed by atoms with Crippen molar-refractivity contribution in [3.63, 3.8) is 0 Å². The molecule has 2 aromatic rings. The van der Waals surface area contributed by atoms with E-state index in [1.807, 2.05) is 27.7 Å². The maximum atomic E-state index is 12.3. The Morgan fingerprint density at radius 2 is 2.09 bits per heavy atom. The van der Waals surface area contributed by atoms with Gasteiger partial charge in [-0.1, -0.05) is 33.8 Å². The molecule has 0 radical (unpaired) electrons. The predicted octanol–water partition coefficient (Wildman–Crippen LogP) is 2.04. The van der Waals surface area contributed by atoms with Gasteiger partial charge in [0, 0.05) is 24.4 Å². The van der Waals surface area contributed by atoms with E-state index in [4.69, 9.17) is 0 Å². The zero-order valence-corrected chi connectivity index (χ0v) is 14.0. The van der Waals surface area contributed by atoms with Crippen LogP contribution in [0.2, 0.25) is 0 Å². The number of carbonyl (C=O) groups is 1. The molecule has 1 amide bonds. The first kappa shape index (κ1) is 17.1. The van der Waals surface area contributed by atoms with Crippen molar-refractivity contribution in [1.82, 2.24) is 20.1 Å². The Morgan fingerprint density at radius 1 is 1.35 bits per heavy atom. The van der Waals surface area contributed by atoms with Gasteiger partial charge in [0.05, 0.1) is 6.10 Å². The highest BCUT2D eigenvalue weighted by atomic mass is 16.3. The van der Waals surface area contributed by atoms with Crippen molar-refractivity contribution in [2.75, 3.05) is 6.54 Å². The highest BCUT2D eigenvalue weighted by Gasteiger charge is 2.30. The van der Waals surface area contributed by atoms with E-state index >= 15 is 0 Å². The van der Waals surface area contributed by atoms with Gasteiger partial charge < -0.3 is 10.4 Å². The van der Waals surface area contributed by atoms with Gasteiger partial charge in [-0.25, -0.2) is 9.67 Å². The monoisotopic (exact) mass is 316 g/mol. The van der Waals surface area contributed by atoms with Gasteiger partial charge in [-0.15, -0.1) is 0 Å². The van der Waals surface area contributed by atoms with Crippen LogP contribution >= 0.6 is 0 Å². The third-order valence-corrected chi connectivity index (χ3v) is 3.84. The molecule has 6 heteroatoms. The van der Waals surface area contributed by atoms with Crippen molar-refractivity contribution in [1.29, 1.82) is 0 Å². The molecule has 1 unspecified atom stereocenters. The molecule has 0 aliphatic rings. The quantitative estimate of drug-likeness (QED) is 0.854. The fourth-order valence-electron chi connectivity index (χ4n) is 2.49. The first-order chi connectivity index (χ1) is 10.8. The second-order valence-corrected chi connectivity index (χ2v) is 6.69. The van der Waals surface area contributed by atoms with Crippen LogP contribution in [0.25, 0.3) is 5.82 Å². The summed E-state index contributed by atoms with van der Waals surface area (Å²) in [5.74, 6) is 0.454. The molecule has 2 N–H and O–H groups in total. The average Bonchev–Trinajstić information content (AvgIpc) is 3.06. The third-order valence-electron chi connectivity index (χ3n) is 3.84. The molecule has 2 heterocycles. The number of hydrogen-bond acceptors (Lipinski definition) is 4. The van der Waals surface area contributed by atoms with E-state index in [1.165, 1.54) is 0 Å². The highest BCUT2D eigenvalue weighted by molar-refractivity contribution is 5.92. The third kappa shape index (κ3) is 4.16. The van der Waals surface area contributed by atoms with Gasteiger partial charge in [0.25, 0.3) is 5.91 Å². The van der Waals surface area contributed by atoms with Gasteiger partial charge in [-0.2, -0.15) is 5.10 Å². The van der Waals surface area contributed by atoms with Crippen molar-refractivity contribution in [2.45, 2.75) is 33.8 Å². The minimum atomic E-state index is -0.494. The van der Waals surface area contributed by atoms with Gasteiger partial charge in [0.1, 0.15) is 5.69 Å². The number of aromatic nitrogens is 3. The molecule has 0 aliphatic heterocycles. The fraction of sp³-hybridized carbons (Fsp3) is 0.471. The van der Waals surface area contributed by atoms with Crippen LogP contribution < -0.4 is 5.32 Å². The number of pyridine rings is 1. The second-order valence-electron chi connectivity index (χ2n) is 6.69. The number of aliphatic hydroxyl groups is 1. The Balaban J connectivity index is 2.06. The SMILES string of the molecule is CC(C)C(O)C(C)(C)CNC(=O)c1cccc(-n2cccn2)n1. The number of nitrogens with zero attached hydrogens (tertiary/aromatic N) is 3. The van der Waals surface area contributed by atoms with Crippen LogP contribution in [-0.2, 0) is 0 Å². The molecule has 6 nitrogen and oxygen atoms in total. The van der Waals surface area contributed by atoms with Crippen LogP contribution in [0.5, 0.6) is 0 Å². The first-order valence-corrected chi connectivity index (χ1v) is 7.74. The van der Waals surface area contributed by atoms with Crippen LogP contribution in [0.3, 0.4) is 0 Å². The summed E-state index contributed by atoms with van der Waals surface area (Å²) in [7, 11) is 0. The largest absolute Gasteiger partial charge is 0.392 e. The normalized spacial score (nSPS) is 13.1. The lowest BCUT2D eigenvalue weighted by Gasteiger charge is -2.33. The topological polar surface area (TPSA) is 80.0 Å². The number of nitrogens with one attached hydrogen (secondary N) is 1. The lowest BCUT2D eigenvalue weighted by atomic mass is 9.80. The Kier molecular flexibility index (Phi) is 5.15. The zero-order chi connectivity index (χ0) is 17.0. The number of rotatable bonds is 6. The van der Waals surface area contributed by atoms with Gasteiger partial charge in [0.15, 0.2) is 5.82 Å². The van der Waals surface area contributed by atoms with E-state index in [0.29, 0.717) is 18.1 Å². The lowest BCUT2D eigenvalue weighted by molar-refractivity contribution is 0.0138. The van der Waals surface area contributed by atoms with Crippen LogP contribution in [0.4, 0.5) is 0 Å². The summed E-state index contributed by atoms with van der Waals surface area (Å²) in [4.78, 5) is 16.6. The van der Waals surface area contributed by atoms with Gasteiger partial charge in [0.2, 0.25) is 0 Å². The highest BCUT2D eigenvalue weighted by Crippen LogP contribution is 2.25. The summed E-state index contributed by atoms with van der Waals surface area (Å²) >= 11 is 0. The average molecular weight is 316 g/mol. The minimum Gasteiger partial charge on any atom is -0.392 e. The molecule has 0 saturated heterocycles. The molecule has 0 bridgehead atoms. The van der Waals surface area contributed by atoms with Crippen LogP contribution in [0.15, 0.2) is 36.7 Å². The molecular weight excluding hydrogens is 292 g/mol.